The summed E-state index contributed by atoms with van der Waals surface area (Å²) >= 11 is 0. The zero-order chi connectivity index (χ0) is 12.4. The molecule has 3 rings (SSSR count). The number of hydrogen-bond acceptors (Lipinski definition) is 2. The standard InChI is InChI=1S/C16H30N2/c1-14-7-5-8-15(14)18-12-6-11-17-16(13-18)9-3-2-4-10-16/h14-15,17H,2-13H2,1H3. The number of hydrogen-bond donors (Lipinski definition) is 1. The van der Waals surface area contributed by atoms with Gasteiger partial charge in [-0.15, -0.1) is 0 Å². The molecule has 2 nitrogen and oxygen atoms in total. The summed E-state index contributed by atoms with van der Waals surface area (Å²) in [5.74, 6) is 0.934. The first-order valence-corrected chi connectivity index (χ1v) is 8.28. The van der Waals surface area contributed by atoms with Crippen molar-refractivity contribution in [2.75, 3.05) is 19.6 Å². The van der Waals surface area contributed by atoms with E-state index in [4.69, 9.17) is 0 Å². The quantitative estimate of drug-likeness (QED) is 0.769. The molecule has 18 heavy (non-hydrogen) atoms. The molecule has 0 amide bonds. The molecule has 1 spiro atoms. The molecule has 1 saturated heterocycles. The molecule has 1 aliphatic heterocycles. The van der Waals surface area contributed by atoms with Crippen molar-refractivity contribution in [1.82, 2.24) is 10.2 Å². The summed E-state index contributed by atoms with van der Waals surface area (Å²) in [6.07, 6.45) is 12.9. The van der Waals surface area contributed by atoms with Crippen LogP contribution in [0.1, 0.15) is 64.7 Å². The van der Waals surface area contributed by atoms with Gasteiger partial charge in [-0.25, -0.2) is 0 Å². The average Bonchev–Trinajstić information content (AvgIpc) is 2.71. The Labute approximate surface area is 113 Å². The molecule has 1 N–H and O–H groups in total. The van der Waals surface area contributed by atoms with E-state index in [1.165, 1.54) is 77.4 Å². The smallest absolute Gasteiger partial charge is 0.0308 e. The first-order valence-electron chi connectivity index (χ1n) is 8.28. The maximum atomic E-state index is 3.92. The van der Waals surface area contributed by atoms with E-state index in [1.807, 2.05) is 0 Å². The number of nitrogens with one attached hydrogen (secondary N) is 1. The summed E-state index contributed by atoms with van der Waals surface area (Å²) in [5, 5.41) is 3.92. The Balaban J connectivity index is 1.70. The van der Waals surface area contributed by atoms with Crippen LogP contribution < -0.4 is 5.32 Å². The van der Waals surface area contributed by atoms with Crippen LogP contribution in [0.5, 0.6) is 0 Å². The SMILES string of the molecule is CC1CCCC1N1CCCNC2(CCCCC2)C1. The van der Waals surface area contributed by atoms with Gasteiger partial charge in [0.2, 0.25) is 0 Å². The highest BCUT2D eigenvalue weighted by Gasteiger charge is 2.38. The number of rotatable bonds is 1. The van der Waals surface area contributed by atoms with Gasteiger partial charge in [0.15, 0.2) is 0 Å². The minimum atomic E-state index is 0.483. The van der Waals surface area contributed by atoms with Crippen molar-refractivity contribution in [3.63, 3.8) is 0 Å². The Hall–Kier alpha value is -0.0800. The van der Waals surface area contributed by atoms with Crippen molar-refractivity contribution in [1.29, 1.82) is 0 Å². The summed E-state index contributed by atoms with van der Waals surface area (Å²) in [5.41, 5.74) is 0.483. The van der Waals surface area contributed by atoms with Crippen molar-refractivity contribution in [2.45, 2.75) is 76.3 Å². The topological polar surface area (TPSA) is 15.3 Å². The molecule has 0 aromatic heterocycles. The van der Waals surface area contributed by atoms with Crippen LogP contribution in [-0.4, -0.2) is 36.1 Å². The predicted octanol–water partition coefficient (Wildman–Crippen LogP) is 3.17. The Kier molecular flexibility index (Phi) is 3.95. The number of nitrogens with zero attached hydrogens (tertiary/aromatic N) is 1. The lowest BCUT2D eigenvalue weighted by atomic mass is 9.81. The largest absolute Gasteiger partial charge is 0.310 e. The first kappa shape index (κ1) is 12.9. The highest BCUT2D eigenvalue weighted by molar-refractivity contribution is 4.97. The molecule has 0 bridgehead atoms. The second-order valence-corrected chi connectivity index (χ2v) is 7.07. The molecule has 2 aliphatic carbocycles. The van der Waals surface area contributed by atoms with Crippen molar-refractivity contribution >= 4 is 0 Å². The third kappa shape index (κ3) is 2.60. The average molecular weight is 250 g/mol. The summed E-state index contributed by atoms with van der Waals surface area (Å²) in [6.45, 7) is 6.40. The van der Waals surface area contributed by atoms with E-state index in [9.17, 15) is 0 Å². The van der Waals surface area contributed by atoms with Crippen LogP contribution in [0, 0.1) is 5.92 Å². The van der Waals surface area contributed by atoms with Gasteiger partial charge in [-0.1, -0.05) is 32.6 Å². The van der Waals surface area contributed by atoms with E-state index in [0.717, 1.165) is 12.0 Å². The lowest BCUT2D eigenvalue weighted by Gasteiger charge is -2.42. The minimum Gasteiger partial charge on any atom is -0.310 e. The van der Waals surface area contributed by atoms with Crippen molar-refractivity contribution in [3.05, 3.63) is 0 Å². The van der Waals surface area contributed by atoms with Crippen molar-refractivity contribution in [2.24, 2.45) is 5.92 Å². The van der Waals surface area contributed by atoms with E-state index in [2.05, 4.69) is 17.1 Å². The molecular formula is C16H30N2. The van der Waals surface area contributed by atoms with Crippen LogP contribution in [0.3, 0.4) is 0 Å². The van der Waals surface area contributed by atoms with Crippen LogP contribution in [0.25, 0.3) is 0 Å². The molecule has 0 aromatic rings. The second kappa shape index (κ2) is 5.50. The lowest BCUT2D eigenvalue weighted by molar-refractivity contribution is 0.111. The van der Waals surface area contributed by atoms with Crippen molar-refractivity contribution in [3.8, 4) is 0 Å². The highest BCUT2D eigenvalue weighted by atomic mass is 15.2. The molecular weight excluding hydrogens is 220 g/mol. The van der Waals surface area contributed by atoms with Gasteiger partial charge in [-0.05, 0) is 51.1 Å². The fraction of sp³-hybridized carbons (Fsp3) is 1.00. The van der Waals surface area contributed by atoms with E-state index in [0.29, 0.717) is 5.54 Å². The summed E-state index contributed by atoms with van der Waals surface area (Å²) in [4.78, 5) is 2.86. The van der Waals surface area contributed by atoms with E-state index < -0.39 is 0 Å². The molecule has 2 atom stereocenters. The maximum Gasteiger partial charge on any atom is 0.0308 e. The fourth-order valence-corrected chi connectivity index (χ4v) is 4.67. The molecule has 2 unspecified atom stereocenters. The monoisotopic (exact) mass is 250 g/mol. The molecule has 0 radical (unpaired) electrons. The fourth-order valence-electron chi connectivity index (χ4n) is 4.67. The van der Waals surface area contributed by atoms with Crippen LogP contribution >= 0.6 is 0 Å². The van der Waals surface area contributed by atoms with Crippen LogP contribution in [-0.2, 0) is 0 Å². The molecule has 1 heterocycles. The van der Waals surface area contributed by atoms with E-state index in [1.54, 1.807) is 0 Å². The van der Waals surface area contributed by atoms with Gasteiger partial charge in [-0.3, -0.25) is 4.90 Å². The normalized spacial score (nSPS) is 37.8. The zero-order valence-electron chi connectivity index (χ0n) is 12.1. The van der Waals surface area contributed by atoms with Crippen LogP contribution in [0.2, 0.25) is 0 Å². The third-order valence-corrected chi connectivity index (χ3v) is 5.72. The zero-order valence-corrected chi connectivity index (χ0v) is 12.1. The molecule has 2 saturated carbocycles. The summed E-state index contributed by atoms with van der Waals surface area (Å²) in [6, 6.07) is 0.892. The second-order valence-electron chi connectivity index (χ2n) is 7.07. The van der Waals surface area contributed by atoms with Gasteiger partial charge < -0.3 is 5.32 Å². The highest BCUT2D eigenvalue weighted by Crippen LogP contribution is 2.35. The Morgan fingerprint density at radius 2 is 1.83 bits per heavy atom. The Bertz CT molecular complexity index is 270. The van der Waals surface area contributed by atoms with E-state index >= 15 is 0 Å². The van der Waals surface area contributed by atoms with Gasteiger partial charge in [0, 0.05) is 18.1 Å². The van der Waals surface area contributed by atoms with Gasteiger partial charge in [-0.2, -0.15) is 0 Å². The van der Waals surface area contributed by atoms with Gasteiger partial charge in [0.1, 0.15) is 0 Å². The van der Waals surface area contributed by atoms with Crippen LogP contribution in [0.15, 0.2) is 0 Å². The summed E-state index contributed by atoms with van der Waals surface area (Å²) in [7, 11) is 0. The third-order valence-electron chi connectivity index (χ3n) is 5.72. The van der Waals surface area contributed by atoms with E-state index in [-0.39, 0.29) is 0 Å². The molecule has 104 valence electrons. The Morgan fingerprint density at radius 3 is 2.56 bits per heavy atom. The van der Waals surface area contributed by atoms with Gasteiger partial charge >= 0.3 is 0 Å². The Morgan fingerprint density at radius 1 is 1.00 bits per heavy atom. The summed E-state index contributed by atoms with van der Waals surface area (Å²) < 4.78 is 0. The molecule has 3 fully saturated rings. The lowest BCUT2D eigenvalue weighted by Crippen LogP contribution is -2.54. The minimum absolute atomic E-state index is 0.483. The van der Waals surface area contributed by atoms with Gasteiger partial charge in [0.05, 0.1) is 0 Å². The van der Waals surface area contributed by atoms with Gasteiger partial charge in [0.25, 0.3) is 0 Å². The maximum absolute atomic E-state index is 3.92. The molecule has 3 aliphatic rings. The molecule has 0 aromatic carbocycles. The predicted molar refractivity (Wildman–Crippen MR) is 76.8 cm³/mol. The van der Waals surface area contributed by atoms with Crippen LogP contribution in [0.4, 0.5) is 0 Å². The first-order chi connectivity index (χ1) is 8.79. The van der Waals surface area contributed by atoms with Crippen molar-refractivity contribution < 1.29 is 0 Å². The molecule has 2 heteroatoms.